The summed E-state index contributed by atoms with van der Waals surface area (Å²) in [4.78, 5) is 2.41. The fourth-order valence-corrected chi connectivity index (χ4v) is 3.77. The largest absolute Gasteiger partial charge is 0.494 e. The molecule has 0 saturated carbocycles. The predicted molar refractivity (Wildman–Crippen MR) is 94.6 cm³/mol. The highest BCUT2D eigenvalue weighted by Gasteiger charge is 2.37. The van der Waals surface area contributed by atoms with Crippen molar-refractivity contribution in [3.05, 3.63) is 29.6 Å². The average Bonchev–Trinajstić information content (AvgIpc) is 2.91. The lowest BCUT2D eigenvalue weighted by molar-refractivity contribution is 0.0339. The van der Waals surface area contributed by atoms with Crippen LogP contribution < -0.4 is 10.1 Å². The molecule has 3 rings (SSSR count). The Kier molecular flexibility index (Phi) is 6.64. The van der Waals surface area contributed by atoms with E-state index in [2.05, 4.69) is 10.2 Å². The standard InChI is InChI=1S/C19H29FN2O3/c1-23-17-5-2-4-16(18(17)20)19(6-13-25-14-7-19)21-8-10-22-9-3-12-24-15-11-22/h2,4-5,21H,3,6-15H2,1H3. The van der Waals surface area contributed by atoms with Gasteiger partial charge in [0.15, 0.2) is 11.6 Å². The van der Waals surface area contributed by atoms with E-state index in [9.17, 15) is 4.39 Å². The lowest BCUT2D eigenvalue weighted by atomic mass is 9.82. The van der Waals surface area contributed by atoms with E-state index in [4.69, 9.17) is 14.2 Å². The molecule has 1 aromatic rings. The summed E-state index contributed by atoms with van der Waals surface area (Å²) in [5, 5.41) is 3.65. The van der Waals surface area contributed by atoms with Gasteiger partial charge >= 0.3 is 0 Å². The number of nitrogens with zero attached hydrogens (tertiary/aromatic N) is 1. The van der Waals surface area contributed by atoms with Crippen LogP contribution in [0.5, 0.6) is 5.75 Å². The Labute approximate surface area is 149 Å². The minimum atomic E-state index is -0.390. The molecule has 0 radical (unpaired) electrons. The fraction of sp³-hybridized carbons (Fsp3) is 0.684. The molecule has 140 valence electrons. The van der Waals surface area contributed by atoms with Crippen molar-refractivity contribution in [2.75, 3.05) is 59.7 Å². The Morgan fingerprint density at radius 1 is 1.16 bits per heavy atom. The van der Waals surface area contributed by atoms with Gasteiger partial charge in [0.05, 0.1) is 19.3 Å². The molecular formula is C19H29FN2O3. The number of ether oxygens (including phenoxy) is 3. The molecule has 2 saturated heterocycles. The van der Waals surface area contributed by atoms with E-state index in [0.717, 1.165) is 58.7 Å². The molecule has 2 aliphatic heterocycles. The Hall–Kier alpha value is -1.21. The summed E-state index contributed by atoms with van der Waals surface area (Å²) in [5.74, 6) is 0.0393. The molecule has 2 heterocycles. The SMILES string of the molecule is COc1cccc(C2(NCCN3CCCOCC3)CCOCC2)c1F. The average molecular weight is 352 g/mol. The molecule has 5 nitrogen and oxygen atoms in total. The smallest absolute Gasteiger partial charge is 0.170 e. The zero-order valence-electron chi connectivity index (χ0n) is 15.1. The van der Waals surface area contributed by atoms with Gasteiger partial charge in [-0.3, -0.25) is 4.90 Å². The maximum atomic E-state index is 14.9. The molecule has 0 unspecified atom stereocenters. The second-order valence-electron chi connectivity index (χ2n) is 6.75. The molecule has 1 aromatic carbocycles. The molecule has 2 aliphatic rings. The summed E-state index contributed by atoms with van der Waals surface area (Å²) in [6.45, 7) is 6.71. The number of methoxy groups -OCH3 is 1. The Morgan fingerprint density at radius 3 is 2.76 bits per heavy atom. The normalized spacial score (nSPS) is 21.7. The van der Waals surface area contributed by atoms with Gasteiger partial charge in [-0.2, -0.15) is 0 Å². The first kappa shape index (κ1) is 18.6. The van der Waals surface area contributed by atoms with Crippen LogP contribution in [0.15, 0.2) is 18.2 Å². The maximum absolute atomic E-state index is 14.9. The van der Waals surface area contributed by atoms with Crippen LogP contribution in [-0.4, -0.2) is 64.6 Å². The quantitative estimate of drug-likeness (QED) is 0.850. The minimum absolute atomic E-state index is 0.262. The summed E-state index contributed by atoms with van der Waals surface area (Å²) in [5.41, 5.74) is 0.300. The van der Waals surface area contributed by atoms with Crippen molar-refractivity contribution in [3.63, 3.8) is 0 Å². The molecule has 1 N–H and O–H groups in total. The minimum Gasteiger partial charge on any atom is -0.494 e. The van der Waals surface area contributed by atoms with Gasteiger partial charge < -0.3 is 19.5 Å². The lowest BCUT2D eigenvalue weighted by Crippen LogP contribution is -2.49. The van der Waals surface area contributed by atoms with Crippen molar-refractivity contribution in [2.24, 2.45) is 0 Å². The van der Waals surface area contributed by atoms with Crippen LogP contribution >= 0.6 is 0 Å². The third-order valence-electron chi connectivity index (χ3n) is 5.25. The number of rotatable bonds is 6. The van der Waals surface area contributed by atoms with Crippen LogP contribution in [0.4, 0.5) is 4.39 Å². The number of hydrogen-bond acceptors (Lipinski definition) is 5. The van der Waals surface area contributed by atoms with Crippen molar-refractivity contribution in [3.8, 4) is 5.75 Å². The van der Waals surface area contributed by atoms with Crippen LogP contribution in [-0.2, 0) is 15.0 Å². The summed E-state index contributed by atoms with van der Waals surface area (Å²) in [6.07, 6.45) is 2.60. The van der Waals surface area contributed by atoms with E-state index < -0.39 is 0 Å². The molecule has 2 fully saturated rings. The Morgan fingerprint density at radius 2 is 1.96 bits per heavy atom. The summed E-state index contributed by atoms with van der Waals surface area (Å²) in [7, 11) is 1.51. The van der Waals surface area contributed by atoms with Crippen molar-refractivity contribution in [1.82, 2.24) is 10.2 Å². The predicted octanol–water partition coefficient (Wildman–Crippen LogP) is 2.15. The first-order valence-electron chi connectivity index (χ1n) is 9.21. The lowest BCUT2D eigenvalue weighted by Gasteiger charge is -2.39. The second-order valence-corrected chi connectivity index (χ2v) is 6.75. The van der Waals surface area contributed by atoms with E-state index in [1.54, 1.807) is 6.07 Å². The van der Waals surface area contributed by atoms with E-state index in [-0.39, 0.29) is 11.4 Å². The molecule has 25 heavy (non-hydrogen) atoms. The van der Waals surface area contributed by atoms with Crippen LogP contribution in [0.3, 0.4) is 0 Å². The molecular weight excluding hydrogens is 323 g/mol. The number of halogens is 1. The van der Waals surface area contributed by atoms with Crippen LogP contribution in [0.2, 0.25) is 0 Å². The number of hydrogen-bond donors (Lipinski definition) is 1. The van der Waals surface area contributed by atoms with Gasteiger partial charge in [0, 0.05) is 51.6 Å². The summed E-state index contributed by atoms with van der Waals surface area (Å²) in [6, 6.07) is 5.40. The van der Waals surface area contributed by atoms with E-state index in [1.807, 2.05) is 12.1 Å². The Balaban J connectivity index is 1.70. The maximum Gasteiger partial charge on any atom is 0.170 e. The van der Waals surface area contributed by atoms with Crippen LogP contribution in [0, 0.1) is 5.82 Å². The third kappa shape index (κ3) is 4.50. The first-order valence-corrected chi connectivity index (χ1v) is 9.21. The highest BCUT2D eigenvalue weighted by molar-refractivity contribution is 5.36. The second kappa shape index (κ2) is 8.94. The molecule has 0 spiro atoms. The van der Waals surface area contributed by atoms with Gasteiger partial charge in [-0.1, -0.05) is 12.1 Å². The third-order valence-corrected chi connectivity index (χ3v) is 5.25. The molecule has 0 aromatic heterocycles. The van der Waals surface area contributed by atoms with E-state index in [1.165, 1.54) is 7.11 Å². The Bertz CT molecular complexity index is 541. The highest BCUT2D eigenvalue weighted by atomic mass is 19.1. The molecule has 6 heteroatoms. The molecule has 0 aliphatic carbocycles. The van der Waals surface area contributed by atoms with E-state index >= 15 is 0 Å². The zero-order chi connectivity index (χ0) is 17.5. The van der Waals surface area contributed by atoms with Crippen LogP contribution in [0.1, 0.15) is 24.8 Å². The van der Waals surface area contributed by atoms with Crippen molar-refractivity contribution >= 4 is 0 Å². The van der Waals surface area contributed by atoms with Gasteiger partial charge in [0.25, 0.3) is 0 Å². The monoisotopic (exact) mass is 352 g/mol. The van der Waals surface area contributed by atoms with Gasteiger partial charge in [0.2, 0.25) is 0 Å². The van der Waals surface area contributed by atoms with Gasteiger partial charge in [0.1, 0.15) is 0 Å². The first-order chi connectivity index (χ1) is 12.2. The summed E-state index contributed by atoms with van der Waals surface area (Å²) >= 11 is 0. The van der Waals surface area contributed by atoms with Crippen molar-refractivity contribution in [2.45, 2.75) is 24.8 Å². The molecule has 0 bridgehead atoms. The molecule has 0 amide bonds. The topological polar surface area (TPSA) is 43.0 Å². The zero-order valence-corrected chi connectivity index (χ0v) is 15.1. The van der Waals surface area contributed by atoms with Crippen molar-refractivity contribution < 1.29 is 18.6 Å². The summed E-state index contributed by atoms with van der Waals surface area (Å²) < 4.78 is 31.1. The molecule has 0 atom stereocenters. The number of benzene rings is 1. The van der Waals surface area contributed by atoms with Gasteiger partial charge in [-0.05, 0) is 25.3 Å². The highest BCUT2D eigenvalue weighted by Crippen LogP contribution is 2.36. The van der Waals surface area contributed by atoms with E-state index in [0.29, 0.717) is 24.5 Å². The van der Waals surface area contributed by atoms with Crippen LogP contribution in [0.25, 0.3) is 0 Å². The number of nitrogens with one attached hydrogen (secondary N) is 1. The van der Waals surface area contributed by atoms with Crippen molar-refractivity contribution in [1.29, 1.82) is 0 Å². The van der Waals surface area contributed by atoms with Gasteiger partial charge in [-0.25, -0.2) is 4.39 Å². The fourth-order valence-electron chi connectivity index (χ4n) is 3.77. The van der Waals surface area contributed by atoms with Gasteiger partial charge in [-0.15, -0.1) is 0 Å².